The van der Waals surface area contributed by atoms with Gasteiger partial charge in [-0.15, -0.1) is 0 Å². The molecule has 0 saturated carbocycles. The lowest BCUT2D eigenvalue weighted by Gasteiger charge is -1.91. The summed E-state index contributed by atoms with van der Waals surface area (Å²) in [5.74, 6) is -0.630. The van der Waals surface area contributed by atoms with E-state index < -0.39 is 5.97 Å². The topological polar surface area (TPSA) is 54.4 Å². The van der Waals surface area contributed by atoms with Crippen LogP contribution in [-0.4, -0.2) is 16.9 Å². The van der Waals surface area contributed by atoms with E-state index in [1.54, 1.807) is 12.2 Å². The lowest BCUT2D eigenvalue weighted by Crippen LogP contribution is -1.92. The molecule has 0 aliphatic rings. The summed E-state index contributed by atoms with van der Waals surface area (Å²) in [5.41, 5.74) is 0. The molecule has 23 heavy (non-hydrogen) atoms. The van der Waals surface area contributed by atoms with Crippen molar-refractivity contribution in [3.63, 3.8) is 0 Å². The van der Waals surface area contributed by atoms with E-state index in [2.05, 4.69) is 13.0 Å². The number of allylic oxidation sites excluding steroid dienone is 8. The summed E-state index contributed by atoms with van der Waals surface area (Å²) in [6.07, 6.45) is 22.9. The number of unbranched alkanes of at least 4 members (excludes halogenated alkanes) is 4. The van der Waals surface area contributed by atoms with Crippen LogP contribution in [0, 0.1) is 0 Å². The molecular weight excluding hydrogens is 288 g/mol. The predicted octanol–water partition coefficient (Wildman–Crippen LogP) is 5.40. The summed E-state index contributed by atoms with van der Waals surface area (Å²) in [5, 5.41) is 8.49. The number of carbonyl (C=O) groups is 2. The molecule has 3 heteroatoms. The zero-order valence-corrected chi connectivity index (χ0v) is 14.2. The second-order valence-corrected chi connectivity index (χ2v) is 5.42. The Morgan fingerprint density at radius 3 is 2.35 bits per heavy atom. The van der Waals surface area contributed by atoms with Crippen LogP contribution in [0.1, 0.15) is 64.7 Å². The Bertz CT molecular complexity index is 428. The average Bonchev–Trinajstić information content (AvgIpc) is 2.52. The molecule has 0 radical (unpaired) electrons. The first-order chi connectivity index (χ1) is 11.2. The van der Waals surface area contributed by atoms with E-state index in [4.69, 9.17) is 5.11 Å². The van der Waals surface area contributed by atoms with Crippen LogP contribution in [0.15, 0.2) is 48.6 Å². The summed E-state index contributed by atoms with van der Waals surface area (Å²) in [6, 6.07) is 0. The summed E-state index contributed by atoms with van der Waals surface area (Å²) in [7, 11) is 0. The fourth-order valence-corrected chi connectivity index (χ4v) is 1.88. The first-order valence-electron chi connectivity index (χ1n) is 8.54. The second kappa shape index (κ2) is 16.5. The summed E-state index contributed by atoms with van der Waals surface area (Å²) >= 11 is 0. The van der Waals surface area contributed by atoms with E-state index in [-0.39, 0.29) is 12.2 Å². The third-order valence-corrected chi connectivity index (χ3v) is 3.19. The molecule has 0 aliphatic carbocycles. The first-order valence-corrected chi connectivity index (χ1v) is 8.54. The minimum atomic E-state index is -0.746. The molecule has 0 fully saturated rings. The fraction of sp³-hybridized carbons (Fsp3) is 0.500. The minimum Gasteiger partial charge on any atom is -0.481 e. The molecular formula is C20H30O3. The number of hydrogen-bond donors (Lipinski definition) is 1. The van der Waals surface area contributed by atoms with E-state index in [1.165, 1.54) is 19.3 Å². The van der Waals surface area contributed by atoms with Gasteiger partial charge in [-0.25, -0.2) is 0 Å². The maximum absolute atomic E-state index is 11.6. The van der Waals surface area contributed by atoms with Crippen LogP contribution >= 0.6 is 0 Å². The van der Waals surface area contributed by atoms with E-state index in [1.807, 2.05) is 30.4 Å². The molecule has 0 amide bonds. The maximum atomic E-state index is 11.6. The van der Waals surface area contributed by atoms with Crippen molar-refractivity contribution in [1.29, 1.82) is 0 Å². The highest BCUT2D eigenvalue weighted by atomic mass is 16.4. The largest absolute Gasteiger partial charge is 0.481 e. The maximum Gasteiger partial charge on any atom is 0.303 e. The molecule has 0 heterocycles. The van der Waals surface area contributed by atoms with Crippen LogP contribution in [0.5, 0.6) is 0 Å². The smallest absolute Gasteiger partial charge is 0.303 e. The quantitative estimate of drug-likeness (QED) is 0.202. The van der Waals surface area contributed by atoms with Gasteiger partial charge in [-0.2, -0.15) is 0 Å². The number of hydrogen-bond acceptors (Lipinski definition) is 2. The van der Waals surface area contributed by atoms with Crippen LogP contribution in [0.3, 0.4) is 0 Å². The van der Waals surface area contributed by atoms with Crippen molar-refractivity contribution in [2.24, 2.45) is 0 Å². The van der Waals surface area contributed by atoms with Gasteiger partial charge in [0, 0.05) is 12.8 Å². The molecule has 0 spiro atoms. The van der Waals surface area contributed by atoms with Crippen molar-refractivity contribution in [1.82, 2.24) is 0 Å². The van der Waals surface area contributed by atoms with Crippen molar-refractivity contribution in [2.45, 2.75) is 64.7 Å². The predicted molar refractivity (Wildman–Crippen MR) is 96.4 cm³/mol. The van der Waals surface area contributed by atoms with Crippen molar-refractivity contribution in [3.8, 4) is 0 Å². The number of aliphatic carboxylic acids is 1. The molecule has 1 N–H and O–H groups in total. The van der Waals surface area contributed by atoms with Crippen molar-refractivity contribution in [2.75, 3.05) is 0 Å². The molecule has 0 aliphatic heterocycles. The van der Waals surface area contributed by atoms with Crippen LogP contribution in [0.2, 0.25) is 0 Å². The number of carboxylic acid groups (broad SMARTS) is 1. The fourth-order valence-electron chi connectivity index (χ4n) is 1.88. The van der Waals surface area contributed by atoms with Crippen molar-refractivity contribution < 1.29 is 14.7 Å². The summed E-state index contributed by atoms with van der Waals surface area (Å²) in [6.45, 7) is 2.18. The van der Waals surface area contributed by atoms with E-state index in [9.17, 15) is 9.59 Å². The first kappa shape index (κ1) is 21.1. The molecule has 0 aromatic carbocycles. The van der Waals surface area contributed by atoms with Gasteiger partial charge < -0.3 is 5.11 Å². The van der Waals surface area contributed by atoms with E-state index >= 15 is 0 Å². The van der Waals surface area contributed by atoms with Crippen LogP contribution in [0.4, 0.5) is 0 Å². The lowest BCUT2D eigenvalue weighted by molar-refractivity contribution is -0.137. The van der Waals surface area contributed by atoms with Gasteiger partial charge in [0.2, 0.25) is 0 Å². The highest BCUT2D eigenvalue weighted by Crippen LogP contribution is 2.01. The number of ketones is 1. The number of carbonyl (C=O) groups excluding carboxylic acids is 1. The van der Waals surface area contributed by atoms with Crippen molar-refractivity contribution >= 4 is 11.8 Å². The third kappa shape index (κ3) is 18.1. The molecule has 0 atom stereocenters. The van der Waals surface area contributed by atoms with Gasteiger partial charge in [0.25, 0.3) is 0 Å². The summed E-state index contributed by atoms with van der Waals surface area (Å²) in [4.78, 5) is 21.9. The van der Waals surface area contributed by atoms with Gasteiger partial charge in [-0.3, -0.25) is 9.59 Å². The van der Waals surface area contributed by atoms with Gasteiger partial charge >= 0.3 is 5.97 Å². The molecule has 128 valence electrons. The van der Waals surface area contributed by atoms with Crippen LogP contribution in [-0.2, 0) is 9.59 Å². The van der Waals surface area contributed by atoms with Gasteiger partial charge in [-0.1, -0.05) is 62.3 Å². The zero-order valence-electron chi connectivity index (χ0n) is 14.2. The average molecular weight is 318 g/mol. The highest BCUT2D eigenvalue weighted by Gasteiger charge is 1.92. The Morgan fingerprint density at radius 1 is 0.870 bits per heavy atom. The third-order valence-electron chi connectivity index (χ3n) is 3.19. The van der Waals surface area contributed by atoms with Gasteiger partial charge in [-0.05, 0) is 38.2 Å². The highest BCUT2D eigenvalue weighted by molar-refractivity contribution is 5.90. The molecule has 0 saturated heterocycles. The Balaban J connectivity index is 3.64. The van der Waals surface area contributed by atoms with E-state index in [0.717, 1.165) is 19.3 Å². The van der Waals surface area contributed by atoms with Crippen LogP contribution in [0.25, 0.3) is 0 Å². The Kier molecular flexibility index (Phi) is 15.1. The van der Waals surface area contributed by atoms with Gasteiger partial charge in [0.05, 0.1) is 0 Å². The van der Waals surface area contributed by atoms with E-state index in [0.29, 0.717) is 12.8 Å². The molecule has 0 aromatic rings. The number of rotatable bonds is 14. The lowest BCUT2D eigenvalue weighted by atomic mass is 10.1. The Hall–Kier alpha value is -1.90. The van der Waals surface area contributed by atoms with Gasteiger partial charge in [0.15, 0.2) is 5.78 Å². The van der Waals surface area contributed by atoms with Crippen molar-refractivity contribution in [3.05, 3.63) is 48.6 Å². The number of carboxylic acids is 1. The second-order valence-electron chi connectivity index (χ2n) is 5.42. The summed E-state index contributed by atoms with van der Waals surface area (Å²) < 4.78 is 0. The molecule has 0 unspecified atom stereocenters. The zero-order chi connectivity index (χ0) is 17.2. The monoisotopic (exact) mass is 318 g/mol. The Labute approximate surface area is 140 Å². The SMILES string of the molecule is CCCCC/C=C\CC(=O)/C=C/C=C/C/C=C\CCCC(=O)O. The molecule has 0 rings (SSSR count). The standard InChI is InChI=1S/C20H30O3/c1-2-3-4-5-10-13-16-19(21)17-14-11-8-6-7-9-12-15-18-20(22)23/h7-11,13-14,17H,2-6,12,15-16,18H2,1H3,(H,22,23)/b9-7-,11-8+,13-10-,17-14+. The van der Waals surface area contributed by atoms with Gasteiger partial charge in [0.1, 0.15) is 0 Å². The molecule has 0 bridgehead atoms. The van der Waals surface area contributed by atoms with Crippen LogP contribution < -0.4 is 0 Å². The normalized spacial score (nSPS) is 12.2. The Morgan fingerprint density at radius 2 is 1.61 bits per heavy atom. The molecule has 3 nitrogen and oxygen atoms in total. The molecule has 0 aromatic heterocycles. The minimum absolute atomic E-state index is 0.116.